The molecular weight excluding hydrogens is 258 g/mol. The number of fused-ring (bicyclic) bond motifs is 2. The summed E-state index contributed by atoms with van der Waals surface area (Å²) in [5.74, 6) is -1.24. The number of hydrogen-bond donors (Lipinski definition) is 1. The lowest BCUT2D eigenvalue weighted by molar-refractivity contribution is -0.142. The number of aliphatic carboxylic acids is 1. The fraction of sp³-hybridized carbons (Fsp3) is 0.467. The Labute approximate surface area is 117 Å². The summed E-state index contributed by atoms with van der Waals surface area (Å²) in [7, 11) is 0. The first-order chi connectivity index (χ1) is 9.66. The molecule has 1 amide bonds. The van der Waals surface area contributed by atoms with Crippen molar-refractivity contribution in [3.05, 3.63) is 35.9 Å². The van der Waals surface area contributed by atoms with Gasteiger partial charge in [-0.15, -0.1) is 0 Å². The second kappa shape index (κ2) is 5.15. The predicted octanol–water partition coefficient (Wildman–Crippen LogP) is 2.26. The van der Waals surface area contributed by atoms with E-state index in [1.54, 1.807) is 4.90 Å². The zero-order valence-corrected chi connectivity index (χ0v) is 11.1. The van der Waals surface area contributed by atoms with Crippen LogP contribution in [0.4, 0.5) is 4.79 Å². The summed E-state index contributed by atoms with van der Waals surface area (Å²) in [6.45, 7) is 0.230. The van der Waals surface area contributed by atoms with Gasteiger partial charge in [0.2, 0.25) is 0 Å². The fourth-order valence-corrected chi connectivity index (χ4v) is 3.33. The van der Waals surface area contributed by atoms with Crippen molar-refractivity contribution < 1.29 is 19.4 Å². The molecule has 106 valence electrons. The Morgan fingerprint density at radius 2 is 2.00 bits per heavy atom. The molecule has 2 saturated heterocycles. The van der Waals surface area contributed by atoms with Crippen molar-refractivity contribution in [1.29, 1.82) is 0 Å². The van der Waals surface area contributed by atoms with Crippen LogP contribution in [-0.4, -0.2) is 34.2 Å². The highest BCUT2D eigenvalue weighted by atomic mass is 16.6. The molecule has 2 heterocycles. The monoisotopic (exact) mass is 275 g/mol. The Balaban J connectivity index is 1.62. The largest absolute Gasteiger partial charge is 0.481 e. The number of carbonyl (C=O) groups excluding carboxylic acids is 1. The summed E-state index contributed by atoms with van der Waals surface area (Å²) < 4.78 is 5.31. The van der Waals surface area contributed by atoms with Crippen molar-refractivity contribution in [3.63, 3.8) is 0 Å². The third-order valence-corrected chi connectivity index (χ3v) is 4.27. The minimum atomic E-state index is -0.807. The minimum Gasteiger partial charge on any atom is -0.481 e. The number of hydrogen-bond acceptors (Lipinski definition) is 3. The molecule has 5 nitrogen and oxygen atoms in total. The lowest BCUT2D eigenvalue weighted by Crippen LogP contribution is -2.38. The molecule has 20 heavy (non-hydrogen) atoms. The van der Waals surface area contributed by atoms with Gasteiger partial charge in [0.25, 0.3) is 0 Å². The zero-order chi connectivity index (χ0) is 14.1. The van der Waals surface area contributed by atoms with Gasteiger partial charge in [0.05, 0.1) is 5.92 Å². The van der Waals surface area contributed by atoms with E-state index in [2.05, 4.69) is 0 Å². The summed E-state index contributed by atoms with van der Waals surface area (Å²) in [5, 5.41) is 9.16. The average Bonchev–Trinajstić information content (AvgIpc) is 3.03. The van der Waals surface area contributed by atoms with E-state index in [9.17, 15) is 9.59 Å². The lowest BCUT2D eigenvalue weighted by atomic mass is 9.89. The van der Waals surface area contributed by atoms with Crippen molar-refractivity contribution in [2.75, 3.05) is 0 Å². The van der Waals surface area contributed by atoms with Crippen molar-refractivity contribution >= 4 is 12.1 Å². The number of amides is 1. The molecule has 2 aliphatic rings. The number of benzene rings is 1. The van der Waals surface area contributed by atoms with E-state index in [4.69, 9.17) is 9.84 Å². The van der Waals surface area contributed by atoms with E-state index >= 15 is 0 Å². The van der Waals surface area contributed by atoms with Crippen LogP contribution in [-0.2, 0) is 16.1 Å². The molecule has 2 aliphatic heterocycles. The average molecular weight is 275 g/mol. The van der Waals surface area contributed by atoms with E-state index in [1.807, 2.05) is 30.3 Å². The molecule has 3 rings (SSSR count). The number of nitrogens with zero attached hydrogens (tertiary/aromatic N) is 1. The summed E-state index contributed by atoms with van der Waals surface area (Å²) >= 11 is 0. The molecule has 2 fully saturated rings. The Hall–Kier alpha value is -2.04. The van der Waals surface area contributed by atoms with E-state index in [0.29, 0.717) is 6.42 Å². The highest BCUT2D eigenvalue weighted by Crippen LogP contribution is 2.42. The minimum absolute atomic E-state index is 0.0318. The smallest absolute Gasteiger partial charge is 0.410 e. The number of rotatable bonds is 3. The first-order valence-corrected chi connectivity index (χ1v) is 6.88. The molecule has 0 aliphatic carbocycles. The Bertz CT molecular complexity index is 516. The topological polar surface area (TPSA) is 66.8 Å². The summed E-state index contributed by atoms with van der Waals surface area (Å²) in [4.78, 5) is 25.0. The van der Waals surface area contributed by atoms with Gasteiger partial charge >= 0.3 is 12.1 Å². The van der Waals surface area contributed by atoms with Crippen LogP contribution in [0.5, 0.6) is 0 Å². The van der Waals surface area contributed by atoms with Crippen LogP contribution >= 0.6 is 0 Å². The van der Waals surface area contributed by atoms with Gasteiger partial charge in [-0.25, -0.2) is 4.79 Å². The molecule has 2 bridgehead atoms. The third kappa shape index (κ3) is 2.24. The second-order valence-corrected chi connectivity index (χ2v) is 5.43. The van der Waals surface area contributed by atoms with Gasteiger partial charge in [0, 0.05) is 12.1 Å². The van der Waals surface area contributed by atoms with Gasteiger partial charge in [0.1, 0.15) is 6.61 Å². The summed E-state index contributed by atoms with van der Waals surface area (Å²) in [5.41, 5.74) is 0.933. The van der Waals surface area contributed by atoms with Gasteiger partial charge in [0.15, 0.2) is 0 Å². The third-order valence-electron chi connectivity index (χ3n) is 4.27. The molecular formula is C15H17NO4. The van der Waals surface area contributed by atoms with Crippen LogP contribution in [0.1, 0.15) is 24.8 Å². The van der Waals surface area contributed by atoms with Crippen molar-refractivity contribution in [3.8, 4) is 0 Å². The van der Waals surface area contributed by atoms with E-state index in [1.165, 1.54) is 0 Å². The van der Waals surface area contributed by atoms with E-state index < -0.39 is 11.9 Å². The Morgan fingerprint density at radius 3 is 2.65 bits per heavy atom. The van der Waals surface area contributed by atoms with Gasteiger partial charge in [-0.3, -0.25) is 4.79 Å². The summed E-state index contributed by atoms with van der Waals surface area (Å²) in [6, 6.07) is 9.32. The molecule has 3 unspecified atom stereocenters. The lowest BCUT2D eigenvalue weighted by Gasteiger charge is -2.22. The fourth-order valence-electron chi connectivity index (χ4n) is 3.33. The van der Waals surface area contributed by atoms with Gasteiger partial charge in [-0.05, 0) is 24.8 Å². The van der Waals surface area contributed by atoms with Crippen LogP contribution in [0.2, 0.25) is 0 Å². The molecule has 0 aromatic heterocycles. The highest BCUT2D eigenvalue weighted by molar-refractivity contribution is 5.76. The normalized spacial score (nSPS) is 27.6. The predicted molar refractivity (Wildman–Crippen MR) is 71.0 cm³/mol. The summed E-state index contributed by atoms with van der Waals surface area (Å²) in [6.07, 6.45) is 1.82. The molecule has 1 aromatic rings. The maximum atomic E-state index is 12.2. The standard InChI is InChI=1S/C15H17NO4/c17-14(18)12-8-11-6-7-13(12)16(11)15(19)20-9-10-4-2-1-3-5-10/h1-5,11-13H,6-9H2,(H,17,18). The molecule has 0 spiro atoms. The second-order valence-electron chi connectivity index (χ2n) is 5.43. The molecule has 3 atom stereocenters. The quantitative estimate of drug-likeness (QED) is 0.918. The van der Waals surface area contributed by atoms with Crippen molar-refractivity contribution in [2.45, 2.75) is 38.0 Å². The Morgan fingerprint density at radius 1 is 1.25 bits per heavy atom. The Kier molecular flexibility index (Phi) is 3.34. The van der Waals surface area contributed by atoms with Crippen LogP contribution in [0, 0.1) is 5.92 Å². The number of carboxylic acid groups (broad SMARTS) is 1. The number of ether oxygens (including phenoxy) is 1. The van der Waals surface area contributed by atoms with Gasteiger partial charge in [-0.2, -0.15) is 0 Å². The number of carbonyl (C=O) groups is 2. The molecule has 5 heteroatoms. The highest BCUT2D eigenvalue weighted by Gasteiger charge is 2.52. The maximum absolute atomic E-state index is 12.2. The number of carboxylic acids is 1. The first kappa shape index (κ1) is 13.0. The van der Waals surface area contributed by atoms with E-state index in [-0.39, 0.29) is 24.8 Å². The first-order valence-electron chi connectivity index (χ1n) is 6.88. The van der Waals surface area contributed by atoms with Crippen LogP contribution in [0.25, 0.3) is 0 Å². The molecule has 0 saturated carbocycles. The maximum Gasteiger partial charge on any atom is 0.410 e. The van der Waals surface area contributed by atoms with Crippen LogP contribution < -0.4 is 0 Å². The molecule has 0 radical (unpaired) electrons. The molecule has 1 aromatic carbocycles. The van der Waals surface area contributed by atoms with Gasteiger partial charge < -0.3 is 14.7 Å². The molecule has 1 N–H and O–H groups in total. The van der Waals surface area contributed by atoms with Crippen LogP contribution in [0.3, 0.4) is 0 Å². The van der Waals surface area contributed by atoms with E-state index in [0.717, 1.165) is 18.4 Å². The van der Waals surface area contributed by atoms with Crippen LogP contribution in [0.15, 0.2) is 30.3 Å². The zero-order valence-electron chi connectivity index (χ0n) is 11.1. The SMILES string of the molecule is O=C(O)C1CC2CCC1N2C(=O)OCc1ccccc1. The van der Waals surface area contributed by atoms with Crippen molar-refractivity contribution in [1.82, 2.24) is 4.90 Å². The van der Waals surface area contributed by atoms with Gasteiger partial charge in [-0.1, -0.05) is 30.3 Å². The van der Waals surface area contributed by atoms with Crippen molar-refractivity contribution in [2.24, 2.45) is 5.92 Å².